The van der Waals surface area contributed by atoms with Crippen molar-refractivity contribution in [1.82, 2.24) is 9.97 Å². The molecule has 0 N–H and O–H groups in total. The topological polar surface area (TPSA) is 29.0 Å². The Kier molecular flexibility index (Phi) is 7.38. The zero-order chi connectivity index (χ0) is 13.2. The summed E-state index contributed by atoms with van der Waals surface area (Å²) in [6.07, 6.45) is 10.8. The van der Waals surface area contributed by atoms with Gasteiger partial charge in [0, 0.05) is 24.8 Å². The standard InChI is InChI=1S/C15H27N3/c1-4-7-9-14-12-16-13-17-15(14)18(10-6-3)11-8-5-2/h12-13H,4-11H2,1-3H3. The number of hydrogen-bond acceptors (Lipinski definition) is 3. The predicted molar refractivity (Wildman–Crippen MR) is 78.1 cm³/mol. The lowest BCUT2D eigenvalue weighted by atomic mass is 10.1. The van der Waals surface area contributed by atoms with Crippen molar-refractivity contribution in [3.8, 4) is 0 Å². The lowest BCUT2D eigenvalue weighted by Gasteiger charge is -2.25. The van der Waals surface area contributed by atoms with Crippen LogP contribution in [-0.2, 0) is 6.42 Å². The summed E-state index contributed by atoms with van der Waals surface area (Å²) in [4.78, 5) is 11.1. The van der Waals surface area contributed by atoms with Crippen molar-refractivity contribution in [2.45, 2.75) is 59.3 Å². The second-order valence-corrected chi connectivity index (χ2v) is 4.82. The Hall–Kier alpha value is -1.12. The van der Waals surface area contributed by atoms with E-state index in [1.54, 1.807) is 6.33 Å². The van der Waals surface area contributed by atoms with Gasteiger partial charge in [0.15, 0.2) is 0 Å². The van der Waals surface area contributed by atoms with Gasteiger partial charge >= 0.3 is 0 Å². The first kappa shape index (κ1) is 14.9. The van der Waals surface area contributed by atoms with Crippen LogP contribution >= 0.6 is 0 Å². The molecule has 0 aliphatic carbocycles. The summed E-state index contributed by atoms with van der Waals surface area (Å²) < 4.78 is 0. The summed E-state index contributed by atoms with van der Waals surface area (Å²) in [5, 5.41) is 0. The Labute approximate surface area is 112 Å². The number of aryl methyl sites for hydroxylation is 1. The van der Waals surface area contributed by atoms with Gasteiger partial charge in [-0.1, -0.05) is 33.6 Å². The zero-order valence-corrected chi connectivity index (χ0v) is 12.2. The van der Waals surface area contributed by atoms with Crippen LogP contribution in [0.5, 0.6) is 0 Å². The van der Waals surface area contributed by atoms with E-state index in [-0.39, 0.29) is 0 Å². The van der Waals surface area contributed by atoms with Gasteiger partial charge in [-0.2, -0.15) is 0 Å². The summed E-state index contributed by atoms with van der Waals surface area (Å²) in [5.74, 6) is 1.16. The van der Waals surface area contributed by atoms with E-state index in [0.29, 0.717) is 0 Å². The predicted octanol–water partition coefficient (Wildman–Crippen LogP) is 3.84. The molecule has 0 amide bonds. The fourth-order valence-electron chi connectivity index (χ4n) is 2.12. The van der Waals surface area contributed by atoms with Gasteiger partial charge in [0.1, 0.15) is 12.1 Å². The minimum Gasteiger partial charge on any atom is -0.356 e. The van der Waals surface area contributed by atoms with Crippen LogP contribution in [0.4, 0.5) is 5.82 Å². The Balaban J connectivity index is 2.80. The van der Waals surface area contributed by atoms with Crippen LogP contribution in [0.25, 0.3) is 0 Å². The molecule has 102 valence electrons. The molecule has 0 saturated carbocycles. The van der Waals surface area contributed by atoms with Crippen LogP contribution < -0.4 is 4.90 Å². The molecule has 1 rings (SSSR count). The van der Waals surface area contributed by atoms with Crippen molar-refractivity contribution < 1.29 is 0 Å². The summed E-state index contributed by atoms with van der Waals surface area (Å²) >= 11 is 0. The third-order valence-electron chi connectivity index (χ3n) is 3.14. The Morgan fingerprint density at radius 2 is 1.78 bits per heavy atom. The molecule has 0 unspecified atom stereocenters. The Morgan fingerprint density at radius 1 is 1.00 bits per heavy atom. The van der Waals surface area contributed by atoms with Crippen molar-refractivity contribution in [2.24, 2.45) is 0 Å². The highest BCUT2D eigenvalue weighted by atomic mass is 15.2. The van der Waals surface area contributed by atoms with Crippen LogP contribution in [0.15, 0.2) is 12.5 Å². The highest BCUT2D eigenvalue weighted by molar-refractivity contribution is 5.45. The van der Waals surface area contributed by atoms with E-state index in [1.807, 2.05) is 6.20 Å². The molecule has 3 nitrogen and oxygen atoms in total. The minimum atomic E-state index is 1.09. The van der Waals surface area contributed by atoms with E-state index in [4.69, 9.17) is 0 Å². The molecule has 0 aliphatic heterocycles. The van der Waals surface area contributed by atoms with Crippen LogP contribution in [0.2, 0.25) is 0 Å². The highest BCUT2D eigenvalue weighted by Gasteiger charge is 2.11. The lowest BCUT2D eigenvalue weighted by Crippen LogP contribution is -2.27. The van der Waals surface area contributed by atoms with Crippen molar-refractivity contribution in [2.75, 3.05) is 18.0 Å². The highest BCUT2D eigenvalue weighted by Crippen LogP contribution is 2.19. The van der Waals surface area contributed by atoms with E-state index >= 15 is 0 Å². The third-order valence-corrected chi connectivity index (χ3v) is 3.14. The van der Waals surface area contributed by atoms with Gasteiger partial charge in [0.25, 0.3) is 0 Å². The average Bonchev–Trinajstić information content (AvgIpc) is 2.41. The molecule has 0 saturated heterocycles. The number of rotatable bonds is 9. The third kappa shape index (κ3) is 4.63. The second-order valence-electron chi connectivity index (χ2n) is 4.82. The van der Waals surface area contributed by atoms with Gasteiger partial charge in [-0.25, -0.2) is 9.97 Å². The van der Waals surface area contributed by atoms with E-state index in [2.05, 4.69) is 35.6 Å². The summed E-state index contributed by atoms with van der Waals surface area (Å²) in [7, 11) is 0. The second kappa shape index (κ2) is 8.90. The fraction of sp³-hybridized carbons (Fsp3) is 0.733. The van der Waals surface area contributed by atoms with Gasteiger partial charge in [0.2, 0.25) is 0 Å². The number of hydrogen-bond donors (Lipinski definition) is 0. The van der Waals surface area contributed by atoms with Gasteiger partial charge in [-0.15, -0.1) is 0 Å². The molecule has 0 aromatic carbocycles. The average molecular weight is 249 g/mol. The first-order valence-electron chi connectivity index (χ1n) is 7.37. The Bertz CT molecular complexity index is 325. The normalized spacial score (nSPS) is 10.6. The fourth-order valence-corrected chi connectivity index (χ4v) is 2.12. The molecule has 3 heteroatoms. The summed E-state index contributed by atoms with van der Waals surface area (Å²) in [5.41, 5.74) is 1.31. The van der Waals surface area contributed by atoms with Crippen molar-refractivity contribution >= 4 is 5.82 Å². The van der Waals surface area contributed by atoms with Crippen molar-refractivity contribution in [1.29, 1.82) is 0 Å². The first-order chi connectivity index (χ1) is 8.83. The van der Waals surface area contributed by atoms with E-state index in [9.17, 15) is 0 Å². The molecule has 0 fully saturated rings. The minimum absolute atomic E-state index is 1.09. The molecular weight excluding hydrogens is 222 g/mol. The van der Waals surface area contributed by atoms with Crippen LogP contribution in [0, 0.1) is 0 Å². The summed E-state index contributed by atoms with van der Waals surface area (Å²) in [6, 6.07) is 0. The SMILES string of the molecule is CCCCc1cncnc1N(CCC)CCCC. The molecule has 0 aliphatic rings. The van der Waals surface area contributed by atoms with Gasteiger partial charge in [0.05, 0.1) is 0 Å². The van der Waals surface area contributed by atoms with E-state index < -0.39 is 0 Å². The maximum absolute atomic E-state index is 4.52. The Morgan fingerprint density at radius 3 is 2.44 bits per heavy atom. The van der Waals surface area contributed by atoms with Crippen molar-refractivity contribution in [3.63, 3.8) is 0 Å². The molecule has 1 heterocycles. The molecular formula is C15H27N3. The number of nitrogens with zero attached hydrogens (tertiary/aromatic N) is 3. The molecule has 0 radical (unpaired) electrons. The molecule has 1 aromatic heterocycles. The molecule has 0 atom stereocenters. The van der Waals surface area contributed by atoms with Crippen LogP contribution in [0.3, 0.4) is 0 Å². The molecule has 18 heavy (non-hydrogen) atoms. The zero-order valence-electron chi connectivity index (χ0n) is 12.2. The smallest absolute Gasteiger partial charge is 0.135 e. The first-order valence-corrected chi connectivity index (χ1v) is 7.37. The molecule has 0 bridgehead atoms. The number of anilines is 1. The van der Waals surface area contributed by atoms with Crippen LogP contribution in [0.1, 0.15) is 58.4 Å². The molecule has 1 aromatic rings. The quantitative estimate of drug-likeness (QED) is 0.666. The summed E-state index contributed by atoms with van der Waals surface area (Å²) in [6.45, 7) is 8.90. The van der Waals surface area contributed by atoms with Gasteiger partial charge < -0.3 is 4.90 Å². The van der Waals surface area contributed by atoms with Crippen molar-refractivity contribution in [3.05, 3.63) is 18.1 Å². The van der Waals surface area contributed by atoms with E-state index in [1.165, 1.54) is 37.7 Å². The van der Waals surface area contributed by atoms with E-state index in [0.717, 1.165) is 25.3 Å². The van der Waals surface area contributed by atoms with Gasteiger partial charge in [-0.3, -0.25) is 0 Å². The molecule has 0 spiro atoms. The van der Waals surface area contributed by atoms with Gasteiger partial charge in [-0.05, 0) is 25.7 Å². The largest absolute Gasteiger partial charge is 0.356 e. The maximum atomic E-state index is 4.52. The number of aromatic nitrogens is 2. The van der Waals surface area contributed by atoms with Crippen LogP contribution in [-0.4, -0.2) is 23.1 Å². The number of unbranched alkanes of at least 4 members (excludes halogenated alkanes) is 2. The monoisotopic (exact) mass is 249 g/mol. The lowest BCUT2D eigenvalue weighted by molar-refractivity contribution is 0.686. The maximum Gasteiger partial charge on any atom is 0.135 e.